The van der Waals surface area contributed by atoms with Crippen LogP contribution in [-0.4, -0.2) is 51.6 Å². The smallest absolute Gasteiger partial charge is 0.152 e. The van der Waals surface area contributed by atoms with Crippen LogP contribution >= 0.6 is 0 Å². The lowest BCUT2D eigenvalue weighted by molar-refractivity contribution is -0.114. The Hall–Kier alpha value is -0.820. The van der Waals surface area contributed by atoms with Crippen LogP contribution in [-0.2, 0) is 4.79 Å². The molecule has 3 atom stereocenters. The van der Waals surface area contributed by atoms with Gasteiger partial charge in [-0.2, -0.15) is 0 Å². The molecule has 0 aromatic heterocycles. The van der Waals surface area contributed by atoms with Gasteiger partial charge in [0.1, 0.15) is 18.3 Å². The van der Waals surface area contributed by atoms with E-state index in [0.717, 1.165) is 0 Å². The third kappa shape index (κ3) is 3.19. The second-order valence-corrected chi connectivity index (χ2v) is 2.38. The Kier molecular flexibility index (Phi) is 5.40. The van der Waals surface area contributed by atoms with E-state index in [0.29, 0.717) is 0 Å². The zero-order valence-corrected chi connectivity index (χ0v) is 6.67. The molecular formula is C7H11FO5. The third-order valence-corrected chi connectivity index (χ3v) is 1.49. The van der Waals surface area contributed by atoms with E-state index in [2.05, 4.69) is 0 Å². The van der Waals surface area contributed by atoms with E-state index in [9.17, 15) is 9.18 Å². The number of aldehydes is 1. The molecule has 0 aliphatic rings. The molecule has 0 rings (SSSR count). The van der Waals surface area contributed by atoms with E-state index >= 15 is 0 Å². The van der Waals surface area contributed by atoms with Crippen LogP contribution < -0.4 is 0 Å². The average Bonchev–Trinajstić information content (AvgIpc) is 2.17. The molecule has 0 aliphatic heterocycles. The maximum absolute atomic E-state index is 12.0. The van der Waals surface area contributed by atoms with Crippen molar-refractivity contribution in [3.63, 3.8) is 0 Å². The lowest BCUT2D eigenvalue weighted by Crippen LogP contribution is -2.35. The Labute approximate surface area is 73.7 Å². The lowest BCUT2D eigenvalue weighted by atomic mass is 10.0. The topological polar surface area (TPSA) is 98.0 Å². The molecule has 0 spiro atoms. The minimum atomic E-state index is -1.82. The van der Waals surface area contributed by atoms with E-state index in [1.807, 2.05) is 0 Å². The predicted molar refractivity (Wildman–Crippen MR) is 40.4 cm³/mol. The predicted octanol–water partition coefficient (Wildman–Crippen LogP) is -1.89. The molecule has 4 N–H and O–H groups in total. The van der Waals surface area contributed by atoms with Gasteiger partial charge in [-0.15, -0.1) is 0 Å². The Morgan fingerprint density at radius 3 is 2.23 bits per heavy atom. The second-order valence-electron chi connectivity index (χ2n) is 2.38. The zero-order chi connectivity index (χ0) is 10.4. The monoisotopic (exact) mass is 194 g/mol. The van der Waals surface area contributed by atoms with Gasteiger partial charge in [0.25, 0.3) is 0 Å². The van der Waals surface area contributed by atoms with Crippen molar-refractivity contribution in [2.45, 2.75) is 18.3 Å². The zero-order valence-electron chi connectivity index (χ0n) is 6.67. The maximum atomic E-state index is 12.0. The molecule has 13 heavy (non-hydrogen) atoms. The summed E-state index contributed by atoms with van der Waals surface area (Å²) < 4.78 is 12.0. The van der Waals surface area contributed by atoms with Crippen molar-refractivity contribution in [3.05, 3.63) is 11.9 Å². The van der Waals surface area contributed by atoms with Gasteiger partial charge in [-0.1, -0.05) is 0 Å². The van der Waals surface area contributed by atoms with Crippen molar-refractivity contribution < 1.29 is 29.6 Å². The van der Waals surface area contributed by atoms with Crippen LogP contribution in [0.5, 0.6) is 0 Å². The summed E-state index contributed by atoms with van der Waals surface area (Å²) >= 11 is 0. The van der Waals surface area contributed by atoms with Crippen LogP contribution in [0.25, 0.3) is 0 Å². The Morgan fingerprint density at radius 2 is 1.92 bits per heavy atom. The third-order valence-electron chi connectivity index (χ3n) is 1.49. The van der Waals surface area contributed by atoms with E-state index in [-0.39, 0.29) is 12.6 Å². The minimum Gasteiger partial charge on any atom is -0.394 e. The van der Waals surface area contributed by atoms with Gasteiger partial charge in [0.05, 0.1) is 12.9 Å². The molecule has 0 saturated carbocycles. The normalized spacial score (nSPS) is 19.3. The number of hydrogen-bond donors (Lipinski definition) is 4. The molecule has 0 bridgehead atoms. The van der Waals surface area contributed by atoms with Crippen LogP contribution in [0.2, 0.25) is 0 Å². The van der Waals surface area contributed by atoms with Crippen molar-refractivity contribution >= 4 is 6.29 Å². The Morgan fingerprint density at radius 1 is 1.38 bits per heavy atom. The SMILES string of the molecule is O=CC(O)/C(=C\F)C(O)C(O)CO. The first-order valence-corrected chi connectivity index (χ1v) is 3.49. The van der Waals surface area contributed by atoms with Crippen LogP contribution in [0.4, 0.5) is 4.39 Å². The molecule has 5 nitrogen and oxygen atoms in total. The van der Waals surface area contributed by atoms with E-state index in [4.69, 9.17) is 20.4 Å². The van der Waals surface area contributed by atoms with Crippen LogP contribution in [0.3, 0.4) is 0 Å². The summed E-state index contributed by atoms with van der Waals surface area (Å²) in [4.78, 5) is 10.0. The summed E-state index contributed by atoms with van der Waals surface area (Å²) in [5.74, 6) is 0. The maximum Gasteiger partial charge on any atom is 0.152 e. The summed E-state index contributed by atoms with van der Waals surface area (Å²) in [5.41, 5.74) is -0.684. The fraction of sp³-hybridized carbons (Fsp3) is 0.571. The summed E-state index contributed by atoms with van der Waals surface area (Å²) in [7, 11) is 0. The van der Waals surface area contributed by atoms with Crippen molar-refractivity contribution in [2.75, 3.05) is 6.61 Å². The number of rotatable bonds is 5. The number of aliphatic hydroxyl groups is 4. The first-order valence-electron chi connectivity index (χ1n) is 3.49. The van der Waals surface area contributed by atoms with Gasteiger partial charge in [-0.3, -0.25) is 0 Å². The standard InChI is InChI=1S/C7H11FO5/c8-1-4(5(11)2-9)7(13)6(12)3-10/h1-2,5-7,10-13H,3H2/b4-1+. The van der Waals surface area contributed by atoms with Crippen molar-refractivity contribution in [1.82, 2.24) is 0 Å². The number of carbonyl (C=O) groups excluding carboxylic acids is 1. The highest BCUT2D eigenvalue weighted by atomic mass is 19.1. The van der Waals surface area contributed by atoms with Crippen LogP contribution in [0.1, 0.15) is 0 Å². The fourth-order valence-corrected chi connectivity index (χ4v) is 0.705. The van der Waals surface area contributed by atoms with Gasteiger partial charge in [0, 0.05) is 5.57 Å². The van der Waals surface area contributed by atoms with Crippen LogP contribution in [0.15, 0.2) is 11.9 Å². The highest BCUT2D eigenvalue weighted by Crippen LogP contribution is 2.11. The molecule has 0 aliphatic carbocycles. The molecule has 0 fully saturated rings. The fourth-order valence-electron chi connectivity index (χ4n) is 0.705. The molecule has 3 unspecified atom stereocenters. The van der Waals surface area contributed by atoms with Gasteiger partial charge < -0.3 is 25.2 Å². The quantitative estimate of drug-likeness (QED) is 0.384. The van der Waals surface area contributed by atoms with Gasteiger partial charge in [0.2, 0.25) is 0 Å². The summed E-state index contributed by atoms with van der Waals surface area (Å²) in [6.45, 7) is -0.802. The van der Waals surface area contributed by atoms with E-state index < -0.39 is 30.5 Å². The second kappa shape index (κ2) is 5.76. The summed E-state index contributed by atoms with van der Waals surface area (Å²) in [6.07, 6.45) is -5.42. The number of hydrogen-bond acceptors (Lipinski definition) is 5. The van der Waals surface area contributed by atoms with E-state index in [1.165, 1.54) is 0 Å². The van der Waals surface area contributed by atoms with Crippen molar-refractivity contribution in [2.24, 2.45) is 0 Å². The van der Waals surface area contributed by atoms with Gasteiger partial charge in [-0.05, 0) is 0 Å². The van der Waals surface area contributed by atoms with Gasteiger partial charge in [0.15, 0.2) is 6.29 Å². The Balaban J connectivity index is 4.50. The first-order chi connectivity index (χ1) is 6.08. The summed E-state index contributed by atoms with van der Waals surface area (Å²) in [5, 5.41) is 35.1. The lowest BCUT2D eigenvalue weighted by Gasteiger charge is -2.19. The molecule has 6 heteroatoms. The number of halogens is 1. The molecule has 0 amide bonds. The van der Waals surface area contributed by atoms with Gasteiger partial charge in [-0.25, -0.2) is 4.39 Å². The average molecular weight is 194 g/mol. The molecule has 0 heterocycles. The number of aliphatic hydroxyl groups excluding tert-OH is 4. The van der Waals surface area contributed by atoms with Crippen LogP contribution in [0, 0.1) is 0 Å². The molecule has 76 valence electrons. The molecular weight excluding hydrogens is 183 g/mol. The highest BCUT2D eigenvalue weighted by Gasteiger charge is 2.25. The largest absolute Gasteiger partial charge is 0.394 e. The molecule has 0 aromatic carbocycles. The first kappa shape index (κ1) is 12.2. The minimum absolute atomic E-state index is 0.00126. The van der Waals surface area contributed by atoms with Gasteiger partial charge >= 0.3 is 0 Å². The highest BCUT2D eigenvalue weighted by molar-refractivity contribution is 5.61. The van der Waals surface area contributed by atoms with E-state index in [1.54, 1.807) is 0 Å². The summed E-state index contributed by atoms with van der Waals surface area (Å²) in [6, 6.07) is 0. The molecule has 0 radical (unpaired) electrons. The Bertz CT molecular complexity index is 193. The molecule has 0 saturated heterocycles. The molecule has 0 aromatic rings. The number of carbonyl (C=O) groups is 1. The van der Waals surface area contributed by atoms with Crippen molar-refractivity contribution in [1.29, 1.82) is 0 Å². The van der Waals surface area contributed by atoms with Crippen molar-refractivity contribution in [3.8, 4) is 0 Å².